The maximum absolute atomic E-state index is 2.95. The van der Waals surface area contributed by atoms with Gasteiger partial charge in [-0.05, 0) is 13.1 Å². The highest BCUT2D eigenvalue weighted by molar-refractivity contribution is 7.96. The number of hydrogen-bond donors (Lipinski definition) is 2. The molecule has 0 aliphatic carbocycles. The first-order valence-corrected chi connectivity index (χ1v) is 3.95. The van der Waals surface area contributed by atoms with Gasteiger partial charge >= 0.3 is 0 Å². The van der Waals surface area contributed by atoms with Gasteiger partial charge in [-0.1, -0.05) is 18.0 Å². The van der Waals surface area contributed by atoms with Crippen molar-refractivity contribution in [2.75, 3.05) is 6.26 Å². The molecule has 3 heteroatoms. The minimum Gasteiger partial charge on any atom is -0.367 e. The van der Waals surface area contributed by atoms with Crippen LogP contribution in [0.5, 0.6) is 0 Å². The summed E-state index contributed by atoms with van der Waals surface area (Å²) in [6.45, 7) is 1.96. The van der Waals surface area contributed by atoms with Gasteiger partial charge in [-0.2, -0.15) is 0 Å². The third-order valence-corrected chi connectivity index (χ3v) is 1.00. The standard InChI is InChI=1S/C6H12N2S/c1-3-4-7-5-6-8-9-2/h3-8H,1-2H3/b4-3-,6-5-. The van der Waals surface area contributed by atoms with Gasteiger partial charge in [0.1, 0.15) is 0 Å². The van der Waals surface area contributed by atoms with Gasteiger partial charge in [-0.15, -0.1) is 0 Å². The predicted octanol–water partition coefficient (Wildman–Crippen LogP) is 1.45. The molecule has 0 saturated carbocycles. The molecule has 0 unspecified atom stereocenters. The summed E-state index contributed by atoms with van der Waals surface area (Å²) in [6.07, 6.45) is 9.43. The molecule has 0 heterocycles. The molecule has 9 heavy (non-hydrogen) atoms. The zero-order valence-corrected chi connectivity index (χ0v) is 6.53. The van der Waals surface area contributed by atoms with Crippen molar-refractivity contribution in [1.29, 1.82) is 0 Å². The maximum Gasteiger partial charge on any atom is 0.0233 e. The van der Waals surface area contributed by atoms with Crippen LogP contribution in [0.1, 0.15) is 6.92 Å². The van der Waals surface area contributed by atoms with Crippen molar-refractivity contribution in [2.24, 2.45) is 0 Å². The van der Waals surface area contributed by atoms with Gasteiger partial charge in [0.25, 0.3) is 0 Å². The van der Waals surface area contributed by atoms with Crippen molar-refractivity contribution in [1.82, 2.24) is 10.0 Å². The lowest BCUT2D eigenvalue weighted by atomic mass is 10.7. The molecular weight excluding hydrogens is 132 g/mol. The van der Waals surface area contributed by atoms with Crippen LogP contribution in [0.4, 0.5) is 0 Å². The Kier molecular flexibility index (Phi) is 6.96. The van der Waals surface area contributed by atoms with Gasteiger partial charge in [0, 0.05) is 18.7 Å². The van der Waals surface area contributed by atoms with Crippen LogP contribution in [0.15, 0.2) is 24.7 Å². The number of nitrogens with one attached hydrogen (secondary N) is 2. The van der Waals surface area contributed by atoms with E-state index >= 15 is 0 Å². The summed E-state index contributed by atoms with van der Waals surface area (Å²) in [5.41, 5.74) is 0. The van der Waals surface area contributed by atoms with Gasteiger partial charge in [-0.3, -0.25) is 0 Å². The lowest BCUT2D eigenvalue weighted by Gasteiger charge is -1.89. The van der Waals surface area contributed by atoms with E-state index in [0.717, 1.165) is 0 Å². The maximum atomic E-state index is 2.95. The Balaban J connectivity index is 3.04. The number of rotatable bonds is 4. The normalized spacial score (nSPS) is 10.9. The highest BCUT2D eigenvalue weighted by atomic mass is 32.2. The highest BCUT2D eigenvalue weighted by Gasteiger charge is 1.64. The molecule has 0 rings (SSSR count). The van der Waals surface area contributed by atoms with Gasteiger partial charge < -0.3 is 10.0 Å². The lowest BCUT2D eigenvalue weighted by Crippen LogP contribution is -1.95. The number of hydrogen-bond acceptors (Lipinski definition) is 3. The Labute approximate surface area is 60.5 Å². The van der Waals surface area contributed by atoms with Crippen molar-refractivity contribution in [2.45, 2.75) is 6.92 Å². The second kappa shape index (κ2) is 7.43. The fourth-order valence-corrected chi connectivity index (χ4v) is 0.506. The van der Waals surface area contributed by atoms with E-state index in [1.807, 2.05) is 37.9 Å². The average Bonchev–Trinajstić information content (AvgIpc) is 1.89. The van der Waals surface area contributed by atoms with Crippen LogP contribution in [0, 0.1) is 0 Å². The van der Waals surface area contributed by atoms with Crippen molar-refractivity contribution < 1.29 is 0 Å². The van der Waals surface area contributed by atoms with Gasteiger partial charge in [-0.25, -0.2) is 0 Å². The molecule has 0 atom stereocenters. The van der Waals surface area contributed by atoms with E-state index in [1.165, 1.54) is 0 Å². The lowest BCUT2D eigenvalue weighted by molar-refractivity contribution is 1.16. The molecule has 0 aliphatic heterocycles. The molecule has 52 valence electrons. The first-order chi connectivity index (χ1) is 4.41. The fourth-order valence-electron chi connectivity index (χ4n) is 0.302. The Morgan fingerprint density at radius 2 is 2.00 bits per heavy atom. The molecule has 0 aliphatic rings. The monoisotopic (exact) mass is 144 g/mol. The van der Waals surface area contributed by atoms with E-state index in [4.69, 9.17) is 0 Å². The highest BCUT2D eigenvalue weighted by Crippen LogP contribution is 1.78. The molecule has 2 N–H and O–H groups in total. The minimum atomic E-state index is 1.56. The van der Waals surface area contributed by atoms with E-state index in [9.17, 15) is 0 Å². The predicted molar refractivity (Wildman–Crippen MR) is 43.7 cm³/mol. The molecule has 0 amide bonds. The van der Waals surface area contributed by atoms with Crippen molar-refractivity contribution >= 4 is 11.9 Å². The third-order valence-electron chi connectivity index (χ3n) is 0.628. The summed E-state index contributed by atoms with van der Waals surface area (Å²) in [4.78, 5) is 0. The molecule has 2 nitrogen and oxygen atoms in total. The van der Waals surface area contributed by atoms with Crippen molar-refractivity contribution in [3.63, 3.8) is 0 Å². The van der Waals surface area contributed by atoms with Crippen LogP contribution in [0.3, 0.4) is 0 Å². The van der Waals surface area contributed by atoms with E-state index in [-0.39, 0.29) is 0 Å². The molecule has 0 saturated heterocycles. The van der Waals surface area contributed by atoms with Crippen LogP contribution in [0.25, 0.3) is 0 Å². The van der Waals surface area contributed by atoms with E-state index < -0.39 is 0 Å². The minimum absolute atomic E-state index is 1.56. The molecule has 0 spiro atoms. The van der Waals surface area contributed by atoms with Crippen LogP contribution >= 0.6 is 11.9 Å². The fraction of sp³-hybridized carbons (Fsp3) is 0.333. The molecular formula is C6H12N2S. The van der Waals surface area contributed by atoms with E-state index in [0.29, 0.717) is 0 Å². The second-order valence-corrected chi connectivity index (χ2v) is 1.97. The van der Waals surface area contributed by atoms with Gasteiger partial charge in [0.2, 0.25) is 0 Å². The average molecular weight is 144 g/mol. The van der Waals surface area contributed by atoms with Crippen LogP contribution in [-0.4, -0.2) is 6.26 Å². The molecule has 0 aromatic heterocycles. The smallest absolute Gasteiger partial charge is 0.0233 e. The summed E-state index contributed by atoms with van der Waals surface area (Å²) in [5.74, 6) is 0. The van der Waals surface area contributed by atoms with Crippen molar-refractivity contribution in [3.8, 4) is 0 Å². The molecule has 0 radical (unpaired) electrons. The van der Waals surface area contributed by atoms with E-state index in [1.54, 1.807) is 11.9 Å². The van der Waals surface area contributed by atoms with Crippen LogP contribution in [-0.2, 0) is 0 Å². The van der Waals surface area contributed by atoms with Crippen LogP contribution < -0.4 is 10.0 Å². The molecule has 0 bridgehead atoms. The molecule has 0 fully saturated rings. The van der Waals surface area contributed by atoms with Gasteiger partial charge in [0.05, 0.1) is 0 Å². The zero-order chi connectivity index (χ0) is 6.95. The Hall–Kier alpha value is -0.570. The summed E-state index contributed by atoms with van der Waals surface area (Å²) >= 11 is 1.56. The third kappa shape index (κ3) is 7.43. The summed E-state index contributed by atoms with van der Waals surface area (Å²) in [6, 6.07) is 0. The Morgan fingerprint density at radius 3 is 2.56 bits per heavy atom. The first kappa shape index (κ1) is 8.43. The SMILES string of the molecule is C/C=C\N/C=C\NSC. The summed E-state index contributed by atoms with van der Waals surface area (Å²) < 4.78 is 2.95. The first-order valence-electron chi connectivity index (χ1n) is 2.72. The summed E-state index contributed by atoms with van der Waals surface area (Å²) in [7, 11) is 0. The quantitative estimate of drug-likeness (QED) is 0.584. The molecule has 0 aromatic rings. The second-order valence-electron chi connectivity index (χ2n) is 1.32. The van der Waals surface area contributed by atoms with E-state index in [2.05, 4.69) is 10.0 Å². The van der Waals surface area contributed by atoms with Crippen molar-refractivity contribution in [3.05, 3.63) is 24.7 Å². The van der Waals surface area contributed by atoms with Gasteiger partial charge in [0.15, 0.2) is 0 Å². The Morgan fingerprint density at radius 1 is 1.22 bits per heavy atom. The topological polar surface area (TPSA) is 24.1 Å². The molecule has 0 aromatic carbocycles. The summed E-state index contributed by atoms with van der Waals surface area (Å²) in [5, 5.41) is 2.93. The van der Waals surface area contributed by atoms with Crippen LogP contribution in [0.2, 0.25) is 0 Å². The largest absolute Gasteiger partial charge is 0.367 e. The number of allylic oxidation sites excluding steroid dienone is 1. The zero-order valence-electron chi connectivity index (χ0n) is 5.72. The Bertz CT molecular complexity index is 99.2.